The zero-order valence-electron chi connectivity index (χ0n) is 12.3. The van der Waals surface area contributed by atoms with Crippen molar-refractivity contribution in [1.29, 1.82) is 0 Å². The molecule has 0 aliphatic heterocycles. The predicted molar refractivity (Wildman–Crippen MR) is 81.5 cm³/mol. The first-order valence-electron chi connectivity index (χ1n) is 6.56. The lowest BCUT2D eigenvalue weighted by molar-refractivity contribution is 0.437. The van der Waals surface area contributed by atoms with Crippen molar-refractivity contribution in [3.8, 4) is 11.6 Å². The van der Waals surface area contributed by atoms with Gasteiger partial charge >= 0.3 is 0 Å². The highest BCUT2D eigenvalue weighted by Crippen LogP contribution is 2.34. The maximum absolute atomic E-state index is 5.90. The van der Waals surface area contributed by atoms with Gasteiger partial charge in [0.05, 0.1) is 24.0 Å². The summed E-state index contributed by atoms with van der Waals surface area (Å²) in [7, 11) is 0. The number of ether oxygens (including phenoxy) is 1. The highest BCUT2D eigenvalue weighted by atomic mass is 35.5. The Morgan fingerprint density at radius 3 is 2.45 bits per heavy atom. The lowest BCUT2D eigenvalue weighted by Crippen LogP contribution is -2.12. The van der Waals surface area contributed by atoms with Crippen LogP contribution in [0.3, 0.4) is 0 Å². The Balaban J connectivity index is 2.34. The van der Waals surface area contributed by atoms with E-state index in [9.17, 15) is 0 Å². The fourth-order valence-corrected chi connectivity index (χ4v) is 2.05. The topological polar surface area (TPSA) is 35.0 Å². The van der Waals surface area contributed by atoms with E-state index < -0.39 is 0 Å². The smallest absolute Gasteiger partial charge is 0.237 e. The van der Waals surface area contributed by atoms with Crippen LogP contribution in [-0.2, 0) is 11.3 Å². The molecule has 20 heavy (non-hydrogen) atoms. The van der Waals surface area contributed by atoms with Crippen LogP contribution in [0.1, 0.15) is 37.6 Å². The van der Waals surface area contributed by atoms with E-state index in [1.54, 1.807) is 12.4 Å². The number of benzene rings is 1. The molecule has 2 aromatic rings. The number of halogens is 1. The van der Waals surface area contributed by atoms with Crippen LogP contribution in [0.2, 0.25) is 0 Å². The van der Waals surface area contributed by atoms with E-state index in [1.807, 2.05) is 13.0 Å². The highest BCUT2D eigenvalue weighted by Gasteiger charge is 2.19. The Labute approximate surface area is 125 Å². The van der Waals surface area contributed by atoms with Crippen molar-refractivity contribution in [2.45, 2.75) is 39.0 Å². The third-order valence-corrected chi connectivity index (χ3v) is 3.25. The normalized spacial score (nSPS) is 11.4. The summed E-state index contributed by atoms with van der Waals surface area (Å²) in [6.45, 7) is 8.52. The fourth-order valence-electron chi connectivity index (χ4n) is 1.91. The fraction of sp³-hybridized carbons (Fsp3) is 0.375. The van der Waals surface area contributed by atoms with Gasteiger partial charge in [-0.25, -0.2) is 4.98 Å². The third kappa shape index (κ3) is 3.48. The van der Waals surface area contributed by atoms with Crippen LogP contribution in [0.4, 0.5) is 0 Å². The van der Waals surface area contributed by atoms with Gasteiger partial charge in [-0.1, -0.05) is 32.9 Å². The van der Waals surface area contributed by atoms with E-state index in [0.717, 1.165) is 22.6 Å². The summed E-state index contributed by atoms with van der Waals surface area (Å²) in [5, 5.41) is 0. The van der Waals surface area contributed by atoms with E-state index in [4.69, 9.17) is 16.3 Å². The molecule has 0 fully saturated rings. The monoisotopic (exact) mass is 290 g/mol. The summed E-state index contributed by atoms with van der Waals surface area (Å²) in [5.74, 6) is 1.66. The van der Waals surface area contributed by atoms with Crippen molar-refractivity contribution in [1.82, 2.24) is 9.97 Å². The van der Waals surface area contributed by atoms with Gasteiger partial charge in [0.1, 0.15) is 5.75 Å². The number of rotatable bonds is 3. The van der Waals surface area contributed by atoms with E-state index in [2.05, 4.69) is 42.9 Å². The van der Waals surface area contributed by atoms with Crippen molar-refractivity contribution in [3.63, 3.8) is 0 Å². The van der Waals surface area contributed by atoms with Crippen LogP contribution in [0.15, 0.2) is 30.6 Å². The van der Waals surface area contributed by atoms with Gasteiger partial charge in [0.25, 0.3) is 0 Å². The molecule has 0 saturated heterocycles. The van der Waals surface area contributed by atoms with Crippen molar-refractivity contribution in [2.24, 2.45) is 0 Å². The van der Waals surface area contributed by atoms with Crippen molar-refractivity contribution < 1.29 is 4.74 Å². The molecule has 0 radical (unpaired) electrons. The second-order valence-corrected chi connectivity index (χ2v) is 6.10. The first kappa shape index (κ1) is 14.8. The molecular weight excluding hydrogens is 272 g/mol. The molecular formula is C16H19ClN2O. The molecule has 0 atom stereocenters. The second kappa shape index (κ2) is 5.80. The summed E-state index contributed by atoms with van der Waals surface area (Å²) >= 11 is 5.70. The predicted octanol–water partition coefficient (Wildman–Crippen LogP) is 4.61. The molecule has 0 saturated carbocycles. The van der Waals surface area contributed by atoms with Gasteiger partial charge in [-0.2, -0.15) is 0 Å². The summed E-state index contributed by atoms with van der Waals surface area (Å²) in [6, 6.07) is 6.22. The van der Waals surface area contributed by atoms with Crippen molar-refractivity contribution in [3.05, 3.63) is 47.4 Å². The lowest BCUT2D eigenvalue weighted by Gasteiger charge is -2.22. The number of hydrogen-bond acceptors (Lipinski definition) is 3. The van der Waals surface area contributed by atoms with Gasteiger partial charge in [0.15, 0.2) is 0 Å². The molecule has 0 N–H and O–H groups in total. The van der Waals surface area contributed by atoms with Gasteiger partial charge in [-0.3, -0.25) is 4.98 Å². The van der Waals surface area contributed by atoms with Crippen molar-refractivity contribution in [2.75, 3.05) is 0 Å². The number of hydrogen-bond donors (Lipinski definition) is 0. The van der Waals surface area contributed by atoms with Crippen LogP contribution < -0.4 is 4.74 Å². The molecule has 3 nitrogen and oxygen atoms in total. The average molecular weight is 291 g/mol. The molecule has 1 aromatic carbocycles. The Morgan fingerprint density at radius 1 is 1.15 bits per heavy atom. The summed E-state index contributed by atoms with van der Waals surface area (Å²) in [4.78, 5) is 8.42. The molecule has 1 heterocycles. The molecule has 0 bridgehead atoms. The second-order valence-electron chi connectivity index (χ2n) is 5.83. The maximum Gasteiger partial charge on any atom is 0.237 e. The first-order valence-corrected chi connectivity index (χ1v) is 7.09. The first-order chi connectivity index (χ1) is 9.40. The van der Waals surface area contributed by atoms with Crippen LogP contribution in [0, 0.1) is 6.92 Å². The number of aryl methyl sites for hydroxylation is 1. The quantitative estimate of drug-likeness (QED) is 0.774. The largest absolute Gasteiger partial charge is 0.437 e. The lowest BCUT2D eigenvalue weighted by atomic mass is 9.86. The minimum absolute atomic E-state index is 0.00649. The van der Waals surface area contributed by atoms with E-state index in [0.29, 0.717) is 11.8 Å². The molecule has 106 valence electrons. The van der Waals surface area contributed by atoms with Crippen molar-refractivity contribution >= 4 is 11.6 Å². The number of aromatic nitrogens is 2. The van der Waals surface area contributed by atoms with Gasteiger partial charge in [-0.05, 0) is 24.0 Å². The summed E-state index contributed by atoms with van der Waals surface area (Å²) in [5.41, 5.74) is 3.04. The maximum atomic E-state index is 5.90. The zero-order valence-corrected chi connectivity index (χ0v) is 13.0. The SMILES string of the molecule is Cc1ccc(C(C)(C)C)c(Oc2cnc(CCl)cn2)c1. The Hall–Kier alpha value is -1.61. The van der Waals surface area contributed by atoms with Crippen LogP contribution in [0.25, 0.3) is 0 Å². The summed E-state index contributed by atoms with van der Waals surface area (Å²) in [6.07, 6.45) is 3.24. The Kier molecular flexibility index (Phi) is 4.29. The van der Waals surface area contributed by atoms with E-state index in [1.165, 1.54) is 0 Å². The zero-order chi connectivity index (χ0) is 14.8. The van der Waals surface area contributed by atoms with Gasteiger partial charge < -0.3 is 4.74 Å². The van der Waals surface area contributed by atoms with E-state index >= 15 is 0 Å². The Bertz CT molecular complexity index is 588. The molecule has 0 amide bonds. The standard InChI is InChI=1S/C16H19ClN2O/c1-11-5-6-13(16(2,3)4)14(7-11)20-15-10-18-12(8-17)9-19-15/h5-7,9-10H,8H2,1-4H3. The molecule has 0 aliphatic carbocycles. The molecule has 0 unspecified atom stereocenters. The highest BCUT2D eigenvalue weighted by molar-refractivity contribution is 6.16. The molecule has 0 aliphatic rings. The number of alkyl halides is 1. The third-order valence-electron chi connectivity index (χ3n) is 2.98. The number of nitrogens with zero attached hydrogens (tertiary/aromatic N) is 2. The van der Waals surface area contributed by atoms with Crippen LogP contribution in [-0.4, -0.2) is 9.97 Å². The molecule has 4 heteroatoms. The molecule has 1 aromatic heterocycles. The Morgan fingerprint density at radius 2 is 1.90 bits per heavy atom. The average Bonchev–Trinajstić information content (AvgIpc) is 2.38. The van der Waals surface area contributed by atoms with Crippen LogP contribution in [0.5, 0.6) is 11.6 Å². The van der Waals surface area contributed by atoms with E-state index in [-0.39, 0.29) is 5.41 Å². The van der Waals surface area contributed by atoms with Gasteiger partial charge in [0.2, 0.25) is 5.88 Å². The minimum atomic E-state index is 0.00649. The van der Waals surface area contributed by atoms with Gasteiger partial charge in [-0.15, -0.1) is 11.6 Å². The summed E-state index contributed by atoms with van der Waals surface area (Å²) < 4.78 is 5.90. The van der Waals surface area contributed by atoms with Gasteiger partial charge in [0, 0.05) is 5.56 Å². The minimum Gasteiger partial charge on any atom is -0.437 e. The molecule has 2 rings (SSSR count). The molecule has 0 spiro atoms. The van der Waals surface area contributed by atoms with Crippen LogP contribution >= 0.6 is 11.6 Å².